The van der Waals surface area contributed by atoms with Gasteiger partial charge >= 0.3 is 0 Å². The van der Waals surface area contributed by atoms with E-state index < -0.39 is 0 Å². The standard InChI is InChI=1S/C14H25NS/c1-11-7-10-16-12(11)14(5,6)8-9-15-13(2,3)4/h7,10,15H,8-9H2,1-6H3. The maximum atomic E-state index is 3.56. The number of thiophene rings is 1. The summed E-state index contributed by atoms with van der Waals surface area (Å²) < 4.78 is 0. The SMILES string of the molecule is Cc1ccsc1C(C)(C)CCNC(C)(C)C. The molecule has 0 bridgehead atoms. The van der Waals surface area contributed by atoms with Gasteiger partial charge in [-0.3, -0.25) is 0 Å². The molecule has 0 aromatic carbocycles. The molecule has 0 saturated heterocycles. The van der Waals surface area contributed by atoms with Gasteiger partial charge in [-0.05, 0) is 57.7 Å². The number of hydrogen-bond donors (Lipinski definition) is 1. The first-order chi connectivity index (χ1) is 7.22. The molecule has 0 fully saturated rings. The van der Waals surface area contributed by atoms with Crippen LogP contribution in [-0.2, 0) is 5.41 Å². The van der Waals surface area contributed by atoms with Gasteiger partial charge in [0.1, 0.15) is 0 Å². The number of aryl methyl sites for hydroxylation is 1. The van der Waals surface area contributed by atoms with Crippen molar-refractivity contribution in [2.45, 2.75) is 58.9 Å². The van der Waals surface area contributed by atoms with Crippen molar-refractivity contribution in [1.29, 1.82) is 0 Å². The van der Waals surface area contributed by atoms with E-state index in [4.69, 9.17) is 0 Å². The van der Waals surface area contributed by atoms with Crippen molar-refractivity contribution in [2.75, 3.05) is 6.54 Å². The van der Waals surface area contributed by atoms with Crippen molar-refractivity contribution < 1.29 is 0 Å². The minimum atomic E-state index is 0.223. The lowest BCUT2D eigenvalue weighted by molar-refractivity contribution is 0.381. The Hall–Kier alpha value is -0.340. The van der Waals surface area contributed by atoms with E-state index in [0.717, 1.165) is 6.54 Å². The lowest BCUT2D eigenvalue weighted by Gasteiger charge is -2.28. The smallest absolute Gasteiger partial charge is 0.0131 e. The summed E-state index contributed by atoms with van der Waals surface area (Å²) in [6.07, 6.45) is 1.19. The predicted octanol–water partition coefficient (Wildman–Crippen LogP) is 4.11. The molecule has 1 heterocycles. The molecule has 92 valence electrons. The predicted molar refractivity (Wildman–Crippen MR) is 74.5 cm³/mol. The molecule has 0 aliphatic rings. The van der Waals surface area contributed by atoms with Crippen molar-refractivity contribution in [3.63, 3.8) is 0 Å². The van der Waals surface area contributed by atoms with E-state index in [-0.39, 0.29) is 11.0 Å². The summed E-state index contributed by atoms with van der Waals surface area (Å²) in [5, 5.41) is 5.76. The molecule has 1 aromatic heterocycles. The number of rotatable bonds is 4. The van der Waals surface area contributed by atoms with E-state index >= 15 is 0 Å². The number of nitrogens with one attached hydrogen (secondary N) is 1. The summed E-state index contributed by atoms with van der Waals surface area (Å²) in [6, 6.07) is 2.22. The third kappa shape index (κ3) is 3.91. The molecule has 0 saturated carbocycles. The van der Waals surface area contributed by atoms with Crippen LogP contribution in [0.2, 0.25) is 0 Å². The van der Waals surface area contributed by atoms with Gasteiger partial charge in [0.15, 0.2) is 0 Å². The molecule has 0 aliphatic heterocycles. The Morgan fingerprint density at radius 2 is 1.81 bits per heavy atom. The molecular formula is C14H25NS. The molecule has 0 radical (unpaired) electrons. The topological polar surface area (TPSA) is 12.0 Å². The Balaban J connectivity index is 2.56. The lowest BCUT2D eigenvalue weighted by Crippen LogP contribution is -2.38. The van der Waals surface area contributed by atoms with Crippen LogP contribution in [0.5, 0.6) is 0 Å². The van der Waals surface area contributed by atoms with Crippen LogP contribution in [-0.4, -0.2) is 12.1 Å². The fourth-order valence-electron chi connectivity index (χ4n) is 1.93. The molecule has 0 amide bonds. The Morgan fingerprint density at radius 3 is 2.25 bits per heavy atom. The second-order valence-electron chi connectivity index (χ2n) is 6.24. The minimum Gasteiger partial charge on any atom is -0.312 e. The molecule has 0 spiro atoms. The van der Waals surface area contributed by atoms with Gasteiger partial charge in [0, 0.05) is 15.8 Å². The van der Waals surface area contributed by atoms with Crippen molar-refractivity contribution in [1.82, 2.24) is 5.32 Å². The fraction of sp³-hybridized carbons (Fsp3) is 0.714. The van der Waals surface area contributed by atoms with Gasteiger partial charge in [-0.25, -0.2) is 0 Å². The van der Waals surface area contributed by atoms with Gasteiger partial charge in [0.2, 0.25) is 0 Å². The highest BCUT2D eigenvalue weighted by atomic mass is 32.1. The summed E-state index contributed by atoms with van der Waals surface area (Å²) in [7, 11) is 0. The first-order valence-corrected chi connectivity index (χ1v) is 6.90. The molecule has 1 nitrogen and oxygen atoms in total. The van der Waals surface area contributed by atoms with Crippen LogP contribution in [0.1, 0.15) is 51.5 Å². The van der Waals surface area contributed by atoms with E-state index in [1.807, 2.05) is 11.3 Å². The molecule has 0 atom stereocenters. The quantitative estimate of drug-likeness (QED) is 0.833. The maximum Gasteiger partial charge on any atom is 0.0131 e. The van der Waals surface area contributed by atoms with Crippen molar-refractivity contribution >= 4 is 11.3 Å². The Morgan fingerprint density at radius 1 is 1.19 bits per heavy atom. The van der Waals surface area contributed by atoms with Crippen LogP contribution in [0.15, 0.2) is 11.4 Å². The third-order valence-corrected chi connectivity index (χ3v) is 4.26. The molecule has 1 aromatic rings. The van der Waals surface area contributed by atoms with Crippen LogP contribution in [0.25, 0.3) is 0 Å². The van der Waals surface area contributed by atoms with Gasteiger partial charge in [0.05, 0.1) is 0 Å². The van der Waals surface area contributed by atoms with E-state index in [9.17, 15) is 0 Å². The molecule has 1 rings (SSSR count). The molecular weight excluding hydrogens is 214 g/mol. The minimum absolute atomic E-state index is 0.223. The van der Waals surface area contributed by atoms with Crippen LogP contribution >= 0.6 is 11.3 Å². The molecule has 0 aliphatic carbocycles. The Kier molecular flexibility index (Phi) is 4.19. The van der Waals surface area contributed by atoms with E-state index in [0.29, 0.717) is 0 Å². The highest BCUT2D eigenvalue weighted by Crippen LogP contribution is 2.33. The van der Waals surface area contributed by atoms with E-state index in [1.165, 1.54) is 16.9 Å². The highest BCUT2D eigenvalue weighted by Gasteiger charge is 2.24. The van der Waals surface area contributed by atoms with E-state index in [2.05, 4.69) is 58.3 Å². The van der Waals surface area contributed by atoms with Crippen molar-refractivity contribution in [3.05, 3.63) is 21.9 Å². The van der Waals surface area contributed by atoms with Crippen molar-refractivity contribution in [3.8, 4) is 0 Å². The number of hydrogen-bond acceptors (Lipinski definition) is 2. The van der Waals surface area contributed by atoms with Gasteiger partial charge in [-0.2, -0.15) is 0 Å². The lowest BCUT2D eigenvalue weighted by atomic mass is 9.85. The van der Waals surface area contributed by atoms with Crippen LogP contribution in [0.3, 0.4) is 0 Å². The first kappa shape index (κ1) is 13.7. The summed E-state index contributed by atoms with van der Waals surface area (Å²) in [5.41, 5.74) is 1.95. The highest BCUT2D eigenvalue weighted by molar-refractivity contribution is 7.10. The van der Waals surface area contributed by atoms with Gasteiger partial charge in [-0.1, -0.05) is 13.8 Å². The third-order valence-electron chi connectivity index (χ3n) is 2.88. The largest absolute Gasteiger partial charge is 0.312 e. The Bertz CT molecular complexity index is 331. The summed E-state index contributed by atoms with van der Waals surface area (Å²) >= 11 is 1.89. The molecule has 2 heteroatoms. The summed E-state index contributed by atoms with van der Waals surface area (Å²) in [6.45, 7) is 14.6. The summed E-state index contributed by atoms with van der Waals surface area (Å²) in [5.74, 6) is 0. The zero-order chi connectivity index (χ0) is 12.4. The fourth-order valence-corrected chi connectivity index (χ4v) is 3.01. The second-order valence-corrected chi connectivity index (χ2v) is 7.16. The van der Waals surface area contributed by atoms with Crippen molar-refractivity contribution in [2.24, 2.45) is 0 Å². The maximum absolute atomic E-state index is 3.56. The average molecular weight is 239 g/mol. The van der Waals surface area contributed by atoms with Crippen LogP contribution in [0, 0.1) is 6.92 Å². The first-order valence-electron chi connectivity index (χ1n) is 6.02. The zero-order valence-corrected chi connectivity index (χ0v) is 12.3. The zero-order valence-electron chi connectivity index (χ0n) is 11.5. The second kappa shape index (κ2) is 4.89. The normalized spacial score (nSPS) is 13.1. The molecule has 1 N–H and O–H groups in total. The Labute approximate surface area is 104 Å². The van der Waals surface area contributed by atoms with Crippen LogP contribution < -0.4 is 5.32 Å². The van der Waals surface area contributed by atoms with Gasteiger partial charge < -0.3 is 5.32 Å². The monoisotopic (exact) mass is 239 g/mol. The molecule has 16 heavy (non-hydrogen) atoms. The average Bonchev–Trinajstić information content (AvgIpc) is 2.48. The summed E-state index contributed by atoms with van der Waals surface area (Å²) in [4.78, 5) is 1.53. The van der Waals surface area contributed by atoms with E-state index in [1.54, 1.807) is 0 Å². The van der Waals surface area contributed by atoms with Crippen LogP contribution in [0.4, 0.5) is 0 Å². The van der Waals surface area contributed by atoms with Gasteiger partial charge in [-0.15, -0.1) is 11.3 Å². The van der Waals surface area contributed by atoms with Gasteiger partial charge in [0.25, 0.3) is 0 Å². The molecule has 0 unspecified atom stereocenters.